The summed E-state index contributed by atoms with van der Waals surface area (Å²) in [6.07, 6.45) is 8.13. The quantitative estimate of drug-likeness (QED) is 0.824. The second-order valence-corrected chi connectivity index (χ2v) is 6.03. The first-order valence-electron chi connectivity index (χ1n) is 8.20. The zero-order chi connectivity index (χ0) is 14.5. The van der Waals surface area contributed by atoms with Crippen LogP contribution in [0.1, 0.15) is 44.1 Å². The Morgan fingerprint density at radius 3 is 2.52 bits per heavy atom. The van der Waals surface area contributed by atoms with Gasteiger partial charge in [0.2, 0.25) is 0 Å². The van der Waals surface area contributed by atoms with Gasteiger partial charge in [-0.1, -0.05) is 43.2 Å². The Bertz CT molecular complexity index is 585. The summed E-state index contributed by atoms with van der Waals surface area (Å²) in [4.78, 5) is 0. The van der Waals surface area contributed by atoms with Gasteiger partial charge in [0.25, 0.3) is 0 Å². The standard InChI is InChI=1S/C19H25NO/c1-20-14-18-17-11-7-6-8-15(17)12-13-19(18)21-16-9-4-2-3-5-10-16/h6-8,11-13,16,20H,2-5,9-10,14H2,1H3. The molecule has 0 saturated heterocycles. The number of hydrogen-bond acceptors (Lipinski definition) is 2. The first-order chi connectivity index (χ1) is 10.4. The predicted octanol–water partition coefficient (Wildman–Crippen LogP) is 4.66. The van der Waals surface area contributed by atoms with Crippen LogP contribution < -0.4 is 10.1 Å². The Morgan fingerprint density at radius 2 is 1.76 bits per heavy atom. The van der Waals surface area contributed by atoms with Gasteiger partial charge in [-0.3, -0.25) is 0 Å². The lowest BCUT2D eigenvalue weighted by atomic mass is 10.0. The van der Waals surface area contributed by atoms with Crippen molar-refractivity contribution in [2.45, 2.75) is 51.2 Å². The molecular weight excluding hydrogens is 258 g/mol. The fourth-order valence-electron chi connectivity index (χ4n) is 3.32. The van der Waals surface area contributed by atoms with E-state index in [2.05, 4.69) is 41.7 Å². The fourth-order valence-corrected chi connectivity index (χ4v) is 3.32. The van der Waals surface area contributed by atoms with Crippen molar-refractivity contribution in [3.63, 3.8) is 0 Å². The summed E-state index contributed by atoms with van der Waals surface area (Å²) in [5.41, 5.74) is 1.29. The average Bonchev–Trinajstić information content (AvgIpc) is 2.78. The van der Waals surface area contributed by atoms with E-state index < -0.39 is 0 Å². The van der Waals surface area contributed by atoms with E-state index in [1.807, 2.05) is 7.05 Å². The molecule has 0 amide bonds. The molecule has 2 aromatic rings. The Morgan fingerprint density at radius 1 is 1.00 bits per heavy atom. The molecule has 2 heteroatoms. The van der Waals surface area contributed by atoms with Gasteiger partial charge in [0.05, 0.1) is 6.10 Å². The Kier molecular flexibility index (Phi) is 4.76. The third-order valence-corrected chi connectivity index (χ3v) is 4.45. The third-order valence-electron chi connectivity index (χ3n) is 4.45. The first-order valence-corrected chi connectivity index (χ1v) is 8.20. The molecule has 1 aliphatic rings. The molecule has 1 saturated carbocycles. The van der Waals surface area contributed by atoms with Gasteiger partial charge in [-0.05, 0) is 49.6 Å². The number of rotatable bonds is 4. The molecule has 0 bridgehead atoms. The largest absolute Gasteiger partial charge is 0.490 e. The number of nitrogens with one attached hydrogen (secondary N) is 1. The van der Waals surface area contributed by atoms with Crippen molar-refractivity contribution in [2.75, 3.05) is 7.05 Å². The minimum Gasteiger partial charge on any atom is -0.490 e. The number of hydrogen-bond donors (Lipinski definition) is 1. The summed E-state index contributed by atoms with van der Waals surface area (Å²) >= 11 is 0. The van der Waals surface area contributed by atoms with E-state index in [1.54, 1.807) is 0 Å². The Hall–Kier alpha value is -1.54. The smallest absolute Gasteiger partial charge is 0.124 e. The van der Waals surface area contributed by atoms with E-state index in [9.17, 15) is 0 Å². The summed E-state index contributed by atoms with van der Waals surface area (Å²) < 4.78 is 6.39. The highest BCUT2D eigenvalue weighted by atomic mass is 16.5. The van der Waals surface area contributed by atoms with Crippen LogP contribution in [0.25, 0.3) is 10.8 Å². The topological polar surface area (TPSA) is 21.3 Å². The summed E-state index contributed by atoms with van der Waals surface area (Å²) in [6.45, 7) is 0.851. The maximum atomic E-state index is 6.39. The lowest BCUT2D eigenvalue weighted by Crippen LogP contribution is -2.17. The fraction of sp³-hybridized carbons (Fsp3) is 0.474. The van der Waals surface area contributed by atoms with E-state index in [0.29, 0.717) is 6.10 Å². The van der Waals surface area contributed by atoms with Crippen LogP contribution in [0, 0.1) is 0 Å². The van der Waals surface area contributed by atoms with Gasteiger partial charge in [-0.2, -0.15) is 0 Å². The Labute approximate surface area is 127 Å². The van der Waals surface area contributed by atoms with Crippen molar-refractivity contribution in [1.29, 1.82) is 0 Å². The molecule has 21 heavy (non-hydrogen) atoms. The SMILES string of the molecule is CNCc1c(OC2CCCCCC2)ccc2ccccc12. The molecular formula is C19H25NO. The van der Waals surface area contributed by atoms with Crippen LogP contribution in [0.15, 0.2) is 36.4 Å². The van der Waals surface area contributed by atoms with Crippen molar-refractivity contribution < 1.29 is 4.74 Å². The number of ether oxygens (including phenoxy) is 1. The third kappa shape index (κ3) is 3.38. The van der Waals surface area contributed by atoms with Crippen LogP contribution in [0.4, 0.5) is 0 Å². The molecule has 112 valence electrons. The van der Waals surface area contributed by atoms with Crippen LogP contribution in [0.2, 0.25) is 0 Å². The van der Waals surface area contributed by atoms with Crippen LogP contribution in [-0.4, -0.2) is 13.2 Å². The predicted molar refractivity (Wildman–Crippen MR) is 88.8 cm³/mol. The molecule has 0 heterocycles. The molecule has 2 aromatic carbocycles. The Balaban J connectivity index is 1.91. The summed E-state index contributed by atoms with van der Waals surface area (Å²) in [5, 5.41) is 5.88. The lowest BCUT2D eigenvalue weighted by Gasteiger charge is -2.20. The molecule has 2 nitrogen and oxygen atoms in total. The van der Waals surface area contributed by atoms with Crippen molar-refractivity contribution in [3.8, 4) is 5.75 Å². The van der Waals surface area contributed by atoms with Gasteiger partial charge >= 0.3 is 0 Å². The van der Waals surface area contributed by atoms with Gasteiger partial charge in [0.1, 0.15) is 5.75 Å². The highest BCUT2D eigenvalue weighted by Gasteiger charge is 2.16. The van der Waals surface area contributed by atoms with Gasteiger partial charge in [-0.25, -0.2) is 0 Å². The second-order valence-electron chi connectivity index (χ2n) is 6.03. The number of fused-ring (bicyclic) bond motifs is 1. The highest BCUT2D eigenvalue weighted by molar-refractivity contribution is 5.87. The van der Waals surface area contributed by atoms with E-state index in [4.69, 9.17) is 4.74 Å². The zero-order valence-electron chi connectivity index (χ0n) is 12.9. The van der Waals surface area contributed by atoms with Crippen LogP contribution in [-0.2, 0) is 6.54 Å². The zero-order valence-corrected chi connectivity index (χ0v) is 12.9. The summed E-state index contributed by atoms with van der Waals surface area (Å²) in [7, 11) is 2.00. The van der Waals surface area contributed by atoms with Crippen LogP contribution in [0.3, 0.4) is 0 Å². The monoisotopic (exact) mass is 283 g/mol. The van der Waals surface area contributed by atoms with Gasteiger partial charge in [0, 0.05) is 12.1 Å². The minimum atomic E-state index is 0.393. The van der Waals surface area contributed by atoms with Gasteiger partial charge in [-0.15, -0.1) is 0 Å². The van der Waals surface area contributed by atoms with Crippen LogP contribution >= 0.6 is 0 Å². The van der Waals surface area contributed by atoms with E-state index >= 15 is 0 Å². The van der Waals surface area contributed by atoms with Gasteiger partial charge < -0.3 is 10.1 Å². The van der Waals surface area contributed by atoms with E-state index in [0.717, 1.165) is 12.3 Å². The molecule has 0 spiro atoms. The van der Waals surface area contributed by atoms with Crippen LogP contribution in [0.5, 0.6) is 5.75 Å². The first kappa shape index (κ1) is 14.4. The number of benzene rings is 2. The molecule has 0 radical (unpaired) electrons. The summed E-state index contributed by atoms with van der Waals surface area (Å²) in [6, 6.07) is 12.9. The van der Waals surface area contributed by atoms with Crippen molar-refractivity contribution in [1.82, 2.24) is 5.32 Å². The highest BCUT2D eigenvalue weighted by Crippen LogP contribution is 2.31. The van der Waals surface area contributed by atoms with Crippen molar-refractivity contribution in [3.05, 3.63) is 42.0 Å². The molecule has 1 fully saturated rings. The van der Waals surface area contributed by atoms with Gasteiger partial charge in [0.15, 0.2) is 0 Å². The molecule has 1 N–H and O–H groups in total. The molecule has 1 aliphatic carbocycles. The molecule has 0 unspecified atom stereocenters. The molecule has 0 aliphatic heterocycles. The normalized spacial score (nSPS) is 16.8. The second kappa shape index (κ2) is 6.95. The maximum Gasteiger partial charge on any atom is 0.124 e. The molecule has 0 aromatic heterocycles. The minimum absolute atomic E-state index is 0.393. The van der Waals surface area contributed by atoms with Crippen molar-refractivity contribution in [2.24, 2.45) is 0 Å². The van der Waals surface area contributed by atoms with E-state index in [1.165, 1.54) is 54.9 Å². The maximum absolute atomic E-state index is 6.39. The van der Waals surface area contributed by atoms with E-state index in [-0.39, 0.29) is 0 Å². The summed E-state index contributed by atoms with van der Waals surface area (Å²) in [5.74, 6) is 1.06. The molecule has 0 atom stereocenters. The average molecular weight is 283 g/mol. The van der Waals surface area contributed by atoms with Crippen molar-refractivity contribution >= 4 is 10.8 Å². The lowest BCUT2D eigenvalue weighted by molar-refractivity contribution is 0.182. The molecule has 3 rings (SSSR count).